The van der Waals surface area contributed by atoms with Crippen molar-refractivity contribution in [3.05, 3.63) is 65.9 Å². The number of hydrogen-bond donors (Lipinski definition) is 0. The van der Waals surface area contributed by atoms with Gasteiger partial charge in [0, 0.05) is 31.7 Å². The highest BCUT2D eigenvalue weighted by Gasteiger charge is 2.29. The molecule has 2 aromatic carbocycles. The summed E-state index contributed by atoms with van der Waals surface area (Å²) < 4.78 is 33.8. The molecule has 1 atom stereocenters. The van der Waals surface area contributed by atoms with Crippen LogP contribution in [0.15, 0.2) is 63.9 Å². The molecule has 3 aromatic rings. The fourth-order valence-corrected chi connectivity index (χ4v) is 6.89. The van der Waals surface area contributed by atoms with Crippen LogP contribution in [-0.2, 0) is 16.4 Å². The highest BCUT2D eigenvalue weighted by molar-refractivity contribution is 7.89. The van der Waals surface area contributed by atoms with Gasteiger partial charge in [-0.15, -0.1) is 0 Å². The predicted molar refractivity (Wildman–Crippen MR) is 139 cm³/mol. The normalized spacial score (nSPS) is 19.8. The first-order chi connectivity index (χ1) is 17.4. The standard InChI is InChI=1S/C28H32N4O3S/c1-21-6-5-15-32(20-21)36(33,34)25-11-9-24(10-12-25)27-30-26(19-29)28(35-27)31-16-13-23(14-17-31)18-22-7-3-2-4-8-22/h2-4,7-12,21,23H,5-6,13-18,20H2,1H3. The van der Waals surface area contributed by atoms with Crippen LogP contribution >= 0.6 is 0 Å². The average molecular weight is 505 g/mol. The zero-order chi connectivity index (χ0) is 25.1. The van der Waals surface area contributed by atoms with E-state index < -0.39 is 10.0 Å². The van der Waals surface area contributed by atoms with Crippen LogP contribution in [0, 0.1) is 23.2 Å². The fourth-order valence-electron chi connectivity index (χ4n) is 5.29. The third-order valence-electron chi connectivity index (χ3n) is 7.34. The van der Waals surface area contributed by atoms with Gasteiger partial charge in [0.2, 0.25) is 27.5 Å². The summed E-state index contributed by atoms with van der Waals surface area (Å²) in [5, 5.41) is 9.69. The summed E-state index contributed by atoms with van der Waals surface area (Å²) in [5.41, 5.74) is 2.28. The van der Waals surface area contributed by atoms with E-state index in [1.54, 1.807) is 28.6 Å². The minimum atomic E-state index is -3.52. The first-order valence-corrected chi connectivity index (χ1v) is 14.2. The number of benzene rings is 2. The number of rotatable bonds is 6. The first-order valence-electron chi connectivity index (χ1n) is 12.7. The second-order valence-corrected chi connectivity index (χ2v) is 12.0. The largest absolute Gasteiger partial charge is 0.419 e. The van der Waals surface area contributed by atoms with Crippen molar-refractivity contribution in [1.29, 1.82) is 5.26 Å². The summed E-state index contributed by atoms with van der Waals surface area (Å²) in [6, 6.07) is 19.3. The molecule has 0 bridgehead atoms. The highest BCUT2D eigenvalue weighted by Crippen LogP contribution is 2.33. The summed E-state index contributed by atoms with van der Waals surface area (Å²) in [6.45, 7) is 4.83. The second-order valence-electron chi connectivity index (χ2n) is 10.0. The van der Waals surface area contributed by atoms with Crippen LogP contribution in [0.25, 0.3) is 11.5 Å². The molecule has 0 N–H and O–H groups in total. The van der Waals surface area contributed by atoms with Crippen LogP contribution in [0.2, 0.25) is 0 Å². The quantitative estimate of drug-likeness (QED) is 0.464. The summed E-state index contributed by atoms with van der Waals surface area (Å²) in [7, 11) is -3.52. The van der Waals surface area contributed by atoms with Gasteiger partial charge in [-0.2, -0.15) is 14.6 Å². The van der Waals surface area contributed by atoms with E-state index in [9.17, 15) is 13.7 Å². The third-order valence-corrected chi connectivity index (χ3v) is 9.22. The Balaban J connectivity index is 1.28. The maximum Gasteiger partial charge on any atom is 0.243 e. The van der Waals surface area contributed by atoms with Gasteiger partial charge in [0.1, 0.15) is 6.07 Å². The molecule has 188 valence electrons. The van der Waals surface area contributed by atoms with Gasteiger partial charge in [-0.25, -0.2) is 8.42 Å². The smallest absolute Gasteiger partial charge is 0.243 e. The monoisotopic (exact) mass is 504 g/mol. The van der Waals surface area contributed by atoms with E-state index in [1.807, 2.05) is 6.07 Å². The Morgan fingerprint density at radius 1 is 1.03 bits per heavy atom. The summed E-state index contributed by atoms with van der Waals surface area (Å²) in [6.07, 6.45) is 5.06. The minimum absolute atomic E-state index is 0.269. The van der Waals surface area contributed by atoms with E-state index in [2.05, 4.69) is 47.1 Å². The Kier molecular flexibility index (Phi) is 7.13. The molecule has 7 nitrogen and oxygen atoms in total. The van der Waals surface area contributed by atoms with Gasteiger partial charge in [-0.05, 0) is 73.8 Å². The Hall–Kier alpha value is -3.15. The average Bonchev–Trinajstić information content (AvgIpc) is 3.34. The van der Waals surface area contributed by atoms with Gasteiger partial charge in [0.25, 0.3) is 0 Å². The van der Waals surface area contributed by atoms with Crippen molar-refractivity contribution in [1.82, 2.24) is 9.29 Å². The Morgan fingerprint density at radius 2 is 1.75 bits per heavy atom. The van der Waals surface area contributed by atoms with Gasteiger partial charge in [-0.3, -0.25) is 0 Å². The van der Waals surface area contributed by atoms with E-state index >= 15 is 0 Å². The van der Waals surface area contributed by atoms with Crippen molar-refractivity contribution in [2.24, 2.45) is 11.8 Å². The zero-order valence-corrected chi connectivity index (χ0v) is 21.5. The number of aromatic nitrogens is 1. The SMILES string of the molecule is CC1CCCN(S(=O)(=O)c2ccc(-c3nc(C#N)c(N4CCC(Cc5ccccc5)CC4)o3)cc2)C1. The number of oxazole rings is 1. The van der Waals surface area contributed by atoms with Gasteiger partial charge < -0.3 is 9.32 Å². The number of piperidine rings is 2. The van der Waals surface area contributed by atoms with E-state index in [0.29, 0.717) is 42.3 Å². The minimum Gasteiger partial charge on any atom is -0.419 e. The van der Waals surface area contributed by atoms with Crippen LogP contribution in [0.1, 0.15) is 43.9 Å². The molecule has 0 amide bonds. The molecule has 36 heavy (non-hydrogen) atoms. The summed E-state index contributed by atoms with van der Waals surface area (Å²) >= 11 is 0. The van der Waals surface area contributed by atoms with Crippen LogP contribution in [0.3, 0.4) is 0 Å². The van der Waals surface area contributed by atoms with Crippen molar-refractivity contribution < 1.29 is 12.8 Å². The maximum absolute atomic E-state index is 13.1. The molecule has 2 aliphatic rings. The molecule has 0 spiro atoms. The van der Waals surface area contributed by atoms with E-state index in [1.165, 1.54) is 5.56 Å². The Morgan fingerprint density at radius 3 is 2.42 bits per heavy atom. The van der Waals surface area contributed by atoms with Crippen molar-refractivity contribution in [3.63, 3.8) is 0 Å². The van der Waals surface area contributed by atoms with Crippen LogP contribution in [0.5, 0.6) is 0 Å². The molecule has 0 aliphatic carbocycles. The summed E-state index contributed by atoms with van der Waals surface area (Å²) in [4.78, 5) is 6.80. The van der Waals surface area contributed by atoms with Crippen LogP contribution in [0.4, 0.5) is 5.88 Å². The molecule has 1 aromatic heterocycles. The molecule has 1 unspecified atom stereocenters. The van der Waals surface area contributed by atoms with Gasteiger partial charge >= 0.3 is 0 Å². The molecule has 8 heteroatoms. The topological polar surface area (TPSA) is 90.4 Å². The van der Waals surface area contributed by atoms with E-state index in [0.717, 1.165) is 45.2 Å². The van der Waals surface area contributed by atoms with Gasteiger partial charge in [0.15, 0.2) is 0 Å². The Bertz CT molecular complexity index is 1320. The number of hydrogen-bond acceptors (Lipinski definition) is 6. The second kappa shape index (κ2) is 10.5. The van der Waals surface area contributed by atoms with Crippen molar-refractivity contribution >= 4 is 15.9 Å². The molecule has 2 fully saturated rings. The number of nitriles is 1. The lowest BCUT2D eigenvalue weighted by Crippen LogP contribution is -2.39. The number of sulfonamides is 1. The molecular weight excluding hydrogens is 472 g/mol. The van der Waals surface area contributed by atoms with Crippen molar-refractivity contribution in [2.45, 2.75) is 43.9 Å². The van der Waals surface area contributed by atoms with Gasteiger partial charge in [-0.1, -0.05) is 37.3 Å². The lowest BCUT2D eigenvalue weighted by molar-refractivity contribution is 0.281. The third kappa shape index (κ3) is 5.18. The lowest BCUT2D eigenvalue weighted by Gasteiger charge is -2.31. The molecule has 3 heterocycles. The fraction of sp³-hybridized carbons (Fsp3) is 0.429. The van der Waals surface area contributed by atoms with Crippen molar-refractivity contribution in [3.8, 4) is 17.5 Å². The van der Waals surface area contributed by atoms with Crippen LogP contribution in [-0.4, -0.2) is 43.9 Å². The molecule has 0 saturated carbocycles. The van der Waals surface area contributed by atoms with Crippen LogP contribution < -0.4 is 4.90 Å². The first kappa shape index (κ1) is 24.5. The van der Waals surface area contributed by atoms with E-state index in [-0.39, 0.29) is 10.6 Å². The maximum atomic E-state index is 13.1. The predicted octanol–water partition coefficient (Wildman–Crippen LogP) is 5.09. The molecule has 2 saturated heterocycles. The molecule has 0 radical (unpaired) electrons. The molecule has 5 rings (SSSR count). The van der Waals surface area contributed by atoms with Crippen molar-refractivity contribution in [2.75, 3.05) is 31.1 Å². The zero-order valence-electron chi connectivity index (χ0n) is 20.6. The number of nitrogens with zero attached hydrogens (tertiary/aromatic N) is 4. The Labute approximate surface area is 213 Å². The molecular formula is C28H32N4O3S. The van der Waals surface area contributed by atoms with Gasteiger partial charge in [0.05, 0.1) is 4.90 Å². The highest BCUT2D eigenvalue weighted by atomic mass is 32.2. The molecule has 2 aliphatic heterocycles. The van der Waals surface area contributed by atoms with E-state index in [4.69, 9.17) is 4.42 Å². The number of anilines is 1. The lowest BCUT2D eigenvalue weighted by atomic mass is 9.90. The summed E-state index contributed by atoms with van der Waals surface area (Å²) in [5.74, 6) is 1.81.